The zero-order valence-corrected chi connectivity index (χ0v) is 20.9. The molecule has 1 amide bonds. The first kappa shape index (κ1) is 27.2. The van der Waals surface area contributed by atoms with Gasteiger partial charge in [-0.2, -0.15) is 0 Å². The summed E-state index contributed by atoms with van der Waals surface area (Å²) in [6.45, 7) is 20.4. The van der Waals surface area contributed by atoms with Gasteiger partial charge in [0, 0.05) is 13.1 Å². The summed E-state index contributed by atoms with van der Waals surface area (Å²) in [6, 6.07) is -0.899. The van der Waals surface area contributed by atoms with Gasteiger partial charge in [0.25, 0.3) is 0 Å². The van der Waals surface area contributed by atoms with Crippen molar-refractivity contribution in [1.82, 2.24) is 10.2 Å². The second kappa shape index (κ2) is 9.35. The number of likely N-dealkylation sites (tertiary alicyclic amines) is 1. The van der Waals surface area contributed by atoms with E-state index in [9.17, 15) is 14.4 Å². The van der Waals surface area contributed by atoms with Crippen LogP contribution in [0.1, 0.15) is 82.1 Å². The van der Waals surface area contributed by atoms with E-state index in [1.807, 2.05) is 55.4 Å². The number of nitrogens with zero attached hydrogens (tertiary/aromatic N) is 1. The van der Waals surface area contributed by atoms with Gasteiger partial charge in [-0.25, -0.2) is 9.59 Å². The maximum atomic E-state index is 12.4. The molecule has 2 atom stereocenters. The molecule has 0 saturated carbocycles. The summed E-state index contributed by atoms with van der Waals surface area (Å²) in [5.41, 5.74) is -1.12. The summed E-state index contributed by atoms with van der Waals surface area (Å²) in [6.07, 6.45) is 0.868. The van der Waals surface area contributed by atoms with Crippen molar-refractivity contribution in [2.24, 2.45) is 10.8 Å². The molecular weight excluding hydrogens is 400 g/mol. The van der Waals surface area contributed by atoms with Crippen LogP contribution in [0.2, 0.25) is 0 Å². The Morgan fingerprint density at radius 2 is 1.42 bits per heavy atom. The van der Waals surface area contributed by atoms with Crippen molar-refractivity contribution < 1.29 is 29.0 Å². The number of esters is 1. The molecule has 2 heterocycles. The number of ether oxygens (including phenoxy) is 2. The molecule has 0 aliphatic carbocycles. The van der Waals surface area contributed by atoms with Gasteiger partial charge >= 0.3 is 18.0 Å². The lowest BCUT2D eigenvalue weighted by Crippen LogP contribution is -2.45. The highest BCUT2D eigenvalue weighted by Gasteiger charge is 2.46. The third-order valence-electron chi connectivity index (χ3n) is 4.91. The van der Waals surface area contributed by atoms with E-state index >= 15 is 0 Å². The second-order valence-corrected chi connectivity index (χ2v) is 12.2. The molecule has 2 saturated heterocycles. The topological polar surface area (TPSA) is 105 Å². The third kappa shape index (κ3) is 9.46. The molecule has 2 rings (SSSR count). The largest absolute Gasteiger partial charge is 0.480 e. The first-order valence-electron chi connectivity index (χ1n) is 10.9. The maximum Gasteiger partial charge on any atom is 0.411 e. The van der Waals surface area contributed by atoms with Crippen molar-refractivity contribution in [2.45, 2.75) is 105 Å². The van der Waals surface area contributed by atoms with Crippen molar-refractivity contribution in [3.05, 3.63) is 0 Å². The fourth-order valence-electron chi connectivity index (χ4n) is 3.63. The lowest BCUT2D eigenvalue weighted by atomic mass is 9.91. The van der Waals surface area contributed by atoms with Crippen molar-refractivity contribution in [3.8, 4) is 0 Å². The summed E-state index contributed by atoms with van der Waals surface area (Å²) in [5, 5.41) is 11.5. The molecule has 2 aliphatic rings. The van der Waals surface area contributed by atoms with Crippen LogP contribution in [0.3, 0.4) is 0 Å². The predicted octanol–water partition coefficient (Wildman–Crippen LogP) is 3.82. The highest BCUT2D eigenvalue weighted by atomic mass is 16.6. The molecule has 0 aromatic heterocycles. The quantitative estimate of drug-likeness (QED) is 0.626. The van der Waals surface area contributed by atoms with Crippen LogP contribution in [0.15, 0.2) is 0 Å². The Morgan fingerprint density at radius 3 is 1.77 bits per heavy atom. The van der Waals surface area contributed by atoms with Gasteiger partial charge in [-0.15, -0.1) is 0 Å². The fourth-order valence-corrected chi connectivity index (χ4v) is 3.63. The van der Waals surface area contributed by atoms with Crippen LogP contribution in [-0.2, 0) is 19.1 Å². The number of hydrogen-bond donors (Lipinski definition) is 2. The average molecular weight is 443 g/mol. The zero-order chi connectivity index (χ0) is 24.4. The minimum Gasteiger partial charge on any atom is -0.480 e. The zero-order valence-electron chi connectivity index (χ0n) is 20.9. The molecule has 0 spiro atoms. The lowest BCUT2D eigenvalue weighted by molar-refractivity contribution is -0.160. The van der Waals surface area contributed by atoms with E-state index < -0.39 is 29.3 Å². The number of amides is 1. The highest BCUT2D eigenvalue weighted by molar-refractivity contribution is 5.82. The van der Waals surface area contributed by atoms with Gasteiger partial charge in [0.05, 0.1) is 0 Å². The number of carboxylic acid groups (broad SMARTS) is 1. The number of aliphatic carboxylic acids is 1. The number of carbonyl (C=O) groups is 3. The van der Waals surface area contributed by atoms with Crippen molar-refractivity contribution >= 4 is 18.0 Å². The van der Waals surface area contributed by atoms with E-state index in [2.05, 4.69) is 19.2 Å². The third-order valence-corrected chi connectivity index (χ3v) is 4.91. The van der Waals surface area contributed by atoms with Crippen molar-refractivity contribution in [2.75, 3.05) is 13.1 Å². The monoisotopic (exact) mass is 442 g/mol. The van der Waals surface area contributed by atoms with E-state index in [1.54, 1.807) is 0 Å². The lowest BCUT2D eigenvalue weighted by Gasteiger charge is -2.29. The molecule has 2 fully saturated rings. The molecule has 8 nitrogen and oxygen atoms in total. The standard InChI is InChI=1S/C16H29NO4.C7H13NO2/c1-14(2,3)20-12(18)11-9-16(7,8)10-17(11)13(19)21-15(4,5)6;1-7(2)3-5(6(9)10)8-4-7/h11H,9-10H2,1-8H3;5,8H,3-4H2,1-2H3,(H,9,10)/t11-;5-/m00/s1. The first-order valence-corrected chi connectivity index (χ1v) is 10.9. The molecule has 0 aromatic carbocycles. The molecule has 0 bridgehead atoms. The summed E-state index contributed by atoms with van der Waals surface area (Å²) in [4.78, 5) is 36.6. The first-order chi connectivity index (χ1) is 13.7. The van der Waals surface area contributed by atoms with Gasteiger partial charge < -0.3 is 19.9 Å². The van der Waals surface area contributed by atoms with E-state index in [4.69, 9.17) is 14.6 Å². The van der Waals surface area contributed by atoms with Gasteiger partial charge in [0.2, 0.25) is 0 Å². The van der Waals surface area contributed by atoms with Gasteiger partial charge in [-0.05, 0) is 65.2 Å². The Labute approximate surface area is 187 Å². The van der Waals surface area contributed by atoms with Gasteiger partial charge in [0.15, 0.2) is 0 Å². The van der Waals surface area contributed by atoms with Crippen LogP contribution in [-0.4, -0.2) is 64.4 Å². The minimum absolute atomic E-state index is 0.127. The van der Waals surface area contributed by atoms with Crippen molar-refractivity contribution in [1.29, 1.82) is 0 Å². The predicted molar refractivity (Wildman–Crippen MR) is 119 cm³/mol. The molecule has 0 radical (unpaired) electrons. The molecule has 31 heavy (non-hydrogen) atoms. The normalized spacial score (nSPS) is 24.8. The smallest absolute Gasteiger partial charge is 0.411 e. The number of hydrogen-bond acceptors (Lipinski definition) is 6. The van der Waals surface area contributed by atoms with Gasteiger partial charge in [0.1, 0.15) is 23.3 Å². The minimum atomic E-state index is -0.731. The van der Waals surface area contributed by atoms with Gasteiger partial charge in [-0.3, -0.25) is 9.69 Å². The molecular formula is C23H42N2O6. The Bertz CT molecular complexity index is 635. The number of rotatable bonds is 2. The molecule has 2 aliphatic heterocycles. The Kier molecular flexibility index (Phi) is 8.20. The summed E-state index contributed by atoms with van der Waals surface area (Å²) in [7, 11) is 0. The van der Waals surface area contributed by atoms with Crippen LogP contribution < -0.4 is 5.32 Å². The van der Waals surface area contributed by atoms with Gasteiger partial charge in [-0.1, -0.05) is 27.7 Å². The maximum absolute atomic E-state index is 12.4. The highest BCUT2D eigenvalue weighted by Crippen LogP contribution is 2.36. The summed E-state index contributed by atoms with van der Waals surface area (Å²) >= 11 is 0. The molecule has 2 N–H and O–H groups in total. The Morgan fingerprint density at radius 1 is 0.903 bits per heavy atom. The van der Waals surface area contributed by atoms with E-state index in [-0.39, 0.29) is 22.8 Å². The number of nitrogens with one attached hydrogen (secondary N) is 1. The molecule has 0 aromatic rings. The molecule has 8 heteroatoms. The van der Waals surface area contributed by atoms with Crippen LogP contribution in [0.25, 0.3) is 0 Å². The van der Waals surface area contributed by atoms with Crippen LogP contribution >= 0.6 is 0 Å². The van der Waals surface area contributed by atoms with Crippen LogP contribution in [0, 0.1) is 10.8 Å². The van der Waals surface area contributed by atoms with Crippen LogP contribution in [0.5, 0.6) is 0 Å². The Hall–Kier alpha value is -1.83. The Balaban J connectivity index is 0.000000399. The number of carboxylic acids is 1. The number of carbonyl (C=O) groups excluding carboxylic acids is 2. The second-order valence-electron chi connectivity index (χ2n) is 12.2. The molecule has 180 valence electrons. The summed E-state index contributed by atoms with van der Waals surface area (Å²) in [5.74, 6) is -1.09. The van der Waals surface area contributed by atoms with E-state index in [1.165, 1.54) is 4.90 Å². The summed E-state index contributed by atoms with van der Waals surface area (Å²) < 4.78 is 10.8. The SMILES string of the molecule is CC1(C)CN[C@H](C(=O)O)C1.CC1(C)C[C@@H](C(=O)OC(C)(C)C)N(C(=O)OC(C)(C)C)C1. The van der Waals surface area contributed by atoms with Crippen molar-refractivity contribution in [3.63, 3.8) is 0 Å². The van der Waals surface area contributed by atoms with E-state index in [0.29, 0.717) is 13.0 Å². The average Bonchev–Trinajstić information content (AvgIpc) is 3.04. The molecule has 0 unspecified atom stereocenters. The van der Waals surface area contributed by atoms with Crippen LogP contribution in [0.4, 0.5) is 4.79 Å². The van der Waals surface area contributed by atoms with E-state index in [0.717, 1.165) is 13.0 Å². The fraction of sp³-hybridized carbons (Fsp3) is 0.870.